The van der Waals surface area contributed by atoms with Crippen LogP contribution in [0.3, 0.4) is 0 Å². The van der Waals surface area contributed by atoms with E-state index in [2.05, 4.69) is 5.32 Å². The zero-order valence-electron chi connectivity index (χ0n) is 8.62. The number of imide groups is 1. The normalized spacial score (nSPS) is 21.3. The molecule has 1 aliphatic heterocycles. The number of carbonyl (C=O) groups excluding carboxylic acids is 3. The lowest BCUT2D eigenvalue weighted by atomic mass is 10.2. The second-order valence-corrected chi connectivity index (χ2v) is 3.92. The van der Waals surface area contributed by atoms with Crippen molar-refractivity contribution in [2.45, 2.75) is 32.4 Å². The van der Waals surface area contributed by atoms with Crippen molar-refractivity contribution >= 4 is 29.3 Å². The number of rotatable bonds is 3. The van der Waals surface area contributed by atoms with Gasteiger partial charge in [-0.2, -0.15) is 0 Å². The van der Waals surface area contributed by atoms with Gasteiger partial charge in [0.1, 0.15) is 11.9 Å². The summed E-state index contributed by atoms with van der Waals surface area (Å²) in [6.07, 6.45) is 0.0274. The zero-order valence-corrected chi connectivity index (χ0v) is 9.37. The van der Waals surface area contributed by atoms with Crippen molar-refractivity contribution in [1.29, 1.82) is 0 Å². The van der Waals surface area contributed by atoms with Crippen LogP contribution in [0.1, 0.15) is 20.3 Å². The monoisotopic (exact) mass is 232 g/mol. The van der Waals surface area contributed by atoms with Crippen molar-refractivity contribution in [3.05, 3.63) is 0 Å². The molecule has 0 aromatic carbocycles. The van der Waals surface area contributed by atoms with Gasteiger partial charge in [0.05, 0.1) is 6.42 Å². The molecule has 0 spiro atoms. The molecule has 15 heavy (non-hydrogen) atoms. The fraction of sp³-hybridized carbons (Fsp3) is 0.667. The SMILES string of the molecule is CC(C)N1C(=O)CC(NC(=O)CCl)C1=O. The maximum atomic E-state index is 11.7. The molecule has 1 fully saturated rings. The molecule has 0 bridgehead atoms. The van der Waals surface area contributed by atoms with Gasteiger partial charge in [-0.05, 0) is 13.8 Å². The molecule has 1 N–H and O–H groups in total. The minimum atomic E-state index is -0.744. The smallest absolute Gasteiger partial charge is 0.252 e. The highest BCUT2D eigenvalue weighted by atomic mass is 35.5. The predicted octanol–water partition coefficient (Wildman–Crippen LogP) is -0.123. The van der Waals surface area contributed by atoms with Gasteiger partial charge in [-0.25, -0.2) is 0 Å². The summed E-state index contributed by atoms with van der Waals surface area (Å²) in [5.41, 5.74) is 0. The van der Waals surface area contributed by atoms with Crippen LogP contribution in [-0.4, -0.2) is 40.6 Å². The number of amides is 3. The van der Waals surface area contributed by atoms with Crippen LogP contribution in [0, 0.1) is 0 Å². The van der Waals surface area contributed by atoms with Gasteiger partial charge < -0.3 is 5.32 Å². The summed E-state index contributed by atoms with van der Waals surface area (Å²) < 4.78 is 0. The van der Waals surface area contributed by atoms with Crippen molar-refractivity contribution in [2.24, 2.45) is 0 Å². The second kappa shape index (κ2) is 4.61. The van der Waals surface area contributed by atoms with Crippen LogP contribution in [0.5, 0.6) is 0 Å². The molecule has 84 valence electrons. The van der Waals surface area contributed by atoms with Gasteiger partial charge in [0, 0.05) is 6.04 Å². The van der Waals surface area contributed by atoms with Gasteiger partial charge in [0.2, 0.25) is 11.8 Å². The van der Waals surface area contributed by atoms with Gasteiger partial charge in [-0.15, -0.1) is 11.6 Å². The molecule has 5 nitrogen and oxygen atoms in total. The average Bonchev–Trinajstić information content (AvgIpc) is 2.41. The van der Waals surface area contributed by atoms with E-state index in [0.29, 0.717) is 0 Å². The summed E-state index contributed by atoms with van der Waals surface area (Å²) in [6, 6.07) is -0.922. The molecule has 1 atom stereocenters. The highest BCUT2D eigenvalue weighted by Gasteiger charge is 2.40. The highest BCUT2D eigenvalue weighted by Crippen LogP contribution is 2.15. The Morgan fingerprint density at radius 3 is 2.60 bits per heavy atom. The minimum absolute atomic E-state index is 0.0274. The summed E-state index contributed by atoms with van der Waals surface area (Å²) in [7, 11) is 0. The maximum absolute atomic E-state index is 11.7. The molecule has 1 unspecified atom stereocenters. The van der Waals surface area contributed by atoms with Crippen LogP contribution in [0.2, 0.25) is 0 Å². The Morgan fingerprint density at radius 1 is 1.60 bits per heavy atom. The van der Waals surface area contributed by atoms with Crippen molar-refractivity contribution in [2.75, 3.05) is 5.88 Å². The van der Waals surface area contributed by atoms with E-state index in [0.717, 1.165) is 0 Å². The molecule has 0 aromatic rings. The van der Waals surface area contributed by atoms with E-state index >= 15 is 0 Å². The van der Waals surface area contributed by atoms with E-state index in [4.69, 9.17) is 11.6 Å². The van der Waals surface area contributed by atoms with Crippen LogP contribution in [0.4, 0.5) is 0 Å². The summed E-state index contributed by atoms with van der Waals surface area (Å²) in [4.78, 5) is 35.2. The molecule has 1 heterocycles. The summed E-state index contributed by atoms with van der Waals surface area (Å²) in [6.45, 7) is 3.50. The fourth-order valence-electron chi connectivity index (χ4n) is 1.54. The molecular formula is C9H13ClN2O3. The van der Waals surface area contributed by atoms with Crippen LogP contribution >= 0.6 is 11.6 Å². The molecule has 0 aromatic heterocycles. The summed E-state index contributed by atoms with van der Waals surface area (Å²) >= 11 is 5.29. The predicted molar refractivity (Wildman–Crippen MR) is 54.3 cm³/mol. The topological polar surface area (TPSA) is 66.5 Å². The molecular weight excluding hydrogens is 220 g/mol. The Morgan fingerprint density at radius 2 is 2.20 bits per heavy atom. The molecule has 0 radical (unpaired) electrons. The first-order valence-electron chi connectivity index (χ1n) is 4.68. The highest BCUT2D eigenvalue weighted by molar-refractivity contribution is 6.27. The lowest BCUT2D eigenvalue weighted by Gasteiger charge is -2.18. The Bertz CT molecular complexity index is 304. The van der Waals surface area contributed by atoms with E-state index < -0.39 is 11.9 Å². The number of likely N-dealkylation sites (tertiary alicyclic amines) is 1. The average molecular weight is 233 g/mol. The number of halogens is 1. The Hall–Kier alpha value is -1.10. The zero-order chi connectivity index (χ0) is 11.6. The number of nitrogens with one attached hydrogen (secondary N) is 1. The number of nitrogens with zero attached hydrogens (tertiary/aromatic N) is 1. The van der Waals surface area contributed by atoms with Gasteiger partial charge in [0.25, 0.3) is 5.91 Å². The number of hydrogen-bond acceptors (Lipinski definition) is 3. The van der Waals surface area contributed by atoms with Crippen LogP contribution in [0.25, 0.3) is 0 Å². The summed E-state index contributed by atoms with van der Waals surface area (Å²) in [5, 5.41) is 2.41. The molecule has 1 rings (SSSR count). The van der Waals surface area contributed by atoms with Crippen molar-refractivity contribution in [3.63, 3.8) is 0 Å². The van der Waals surface area contributed by atoms with Crippen molar-refractivity contribution < 1.29 is 14.4 Å². The van der Waals surface area contributed by atoms with Gasteiger partial charge in [-0.3, -0.25) is 19.3 Å². The van der Waals surface area contributed by atoms with E-state index in [1.54, 1.807) is 13.8 Å². The molecule has 1 aliphatic rings. The third kappa shape index (κ3) is 2.47. The Labute approximate surface area is 92.8 Å². The van der Waals surface area contributed by atoms with E-state index in [9.17, 15) is 14.4 Å². The molecule has 0 aliphatic carbocycles. The molecule has 1 saturated heterocycles. The van der Waals surface area contributed by atoms with E-state index in [1.807, 2.05) is 0 Å². The van der Waals surface area contributed by atoms with Gasteiger partial charge in [-0.1, -0.05) is 0 Å². The van der Waals surface area contributed by atoms with Crippen molar-refractivity contribution in [1.82, 2.24) is 10.2 Å². The molecule has 3 amide bonds. The Kier molecular flexibility index (Phi) is 3.68. The third-order valence-electron chi connectivity index (χ3n) is 2.16. The third-order valence-corrected chi connectivity index (χ3v) is 2.40. The van der Waals surface area contributed by atoms with Crippen LogP contribution in [0.15, 0.2) is 0 Å². The van der Waals surface area contributed by atoms with Gasteiger partial charge in [0.15, 0.2) is 0 Å². The first-order valence-corrected chi connectivity index (χ1v) is 5.22. The lowest BCUT2D eigenvalue weighted by molar-refractivity contribution is -0.141. The quantitative estimate of drug-likeness (QED) is 0.545. The van der Waals surface area contributed by atoms with Crippen LogP contribution in [-0.2, 0) is 14.4 Å². The first kappa shape index (κ1) is 12.0. The lowest BCUT2D eigenvalue weighted by Crippen LogP contribution is -2.44. The molecule has 6 heteroatoms. The summed E-state index contributed by atoms with van der Waals surface area (Å²) in [5.74, 6) is -1.25. The Balaban J connectivity index is 2.69. The van der Waals surface area contributed by atoms with Crippen molar-refractivity contribution in [3.8, 4) is 0 Å². The molecule has 0 saturated carbocycles. The standard InChI is InChI=1S/C9H13ClN2O3/c1-5(2)12-8(14)3-6(9(12)15)11-7(13)4-10/h5-6H,3-4H2,1-2H3,(H,11,13). The van der Waals surface area contributed by atoms with E-state index in [1.165, 1.54) is 4.90 Å². The van der Waals surface area contributed by atoms with Crippen LogP contribution < -0.4 is 5.32 Å². The largest absolute Gasteiger partial charge is 0.343 e. The number of alkyl halides is 1. The maximum Gasteiger partial charge on any atom is 0.252 e. The van der Waals surface area contributed by atoms with Gasteiger partial charge >= 0.3 is 0 Å². The number of hydrogen-bond donors (Lipinski definition) is 1. The second-order valence-electron chi connectivity index (χ2n) is 3.65. The van der Waals surface area contributed by atoms with E-state index in [-0.39, 0.29) is 30.2 Å². The fourth-order valence-corrected chi connectivity index (χ4v) is 1.62. The minimum Gasteiger partial charge on any atom is -0.343 e. The number of carbonyl (C=O) groups is 3. The first-order chi connectivity index (χ1) is 6.97.